The number of rotatable bonds is 6. The fraction of sp³-hybridized carbons (Fsp3) is 0.500. The Morgan fingerprint density at radius 2 is 1.88 bits per heavy atom. The van der Waals surface area contributed by atoms with E-state index in [0.29, 0.717) is 17.4 Å². The number of halogens is 1. The average Bonchev–Trinajstić information content (AvgIpc) is 2.31. The monoisotopic (exact) mass is 254 g/mol. The largest absolute Gasteiger partial charge is 0.481 e. The lowest BCUT2D eigenvalue weighted by Crippen LogP contribution is -2.12. The van der Waals surface area contributed by atoms with Crippen LogP contribution in [-0.2, 0) is 4.79 Å². The predicted octanol–water partition coefficient (Wildman–Crippen LogP) is 4.33. The minimum atomic E-state index is -0.754. The molecule has 0 aliphatic carbocycles. The average molecular weight is 255 g/mol. The smallest absolute Gasteiger partial charge is 0.310 e. The summed E-state index contributed by atoms with van der Waals surface area (Å²) >= 11 is 5.80. The van der Waals surface area contributed by atoms with Gasteiger partial charge in [0, 0.05) is 5.02 Å². The van der Waals surface area contributed by atoms with Crippen LogP contribution in [-0.4, -0.2) is 11.1 Å². The van der Waals surface area contributed by atoms with E-state index in [9.17, 15) is 9.90 Å². The van der Waals surface area contributed by atoms with Crippen molar-refractivity contribution in [3.63, 3.8) is 0 Å². The van der Waals surface area contributed by atoms with E-state index >= 15 is 0 Å². The first-order valence-corrected chi connectivity index (χ1v) is 6.40. The van der Waals surface area contributed by atoms with Crippen LogP contribution in [0.1, 0.15) is 44.6 Å². The minimum absolute atomic E-state index is 0.415. The maximum Gasteiger partial charge on any atom is 0.310 e. The summed E-state index contributed by atoms with van der Waals surface area (Å²) in [5.74, 6) is -0.596. The number of benzene rings is 1. The molecule has 0 saturated carbocycles. The van der Waals surface area contributed by atoms with Gasteiger partial charge in [0.2, 0.25) is 0 Å². The third kappa shape index (κ3) is 4.39. The van der Waals surface area contributed by atoms with Crippen LogP contribution in [0.5, 0.6) is 0 Å². The molecule has 17 heavy (non-hydrogen) atoms. The SMILES string of the molecule is CCC(C)CCC(C(=O)O)c1ccc(Cl)cc1. The molecular formula is C14H19ClO2. The fourth-order valence-corrected chi connectivity index (χ4v) is 1.91. The van der Waals surface area contributed by atoms with E-state index in [2.05, 4.69) is 13.8 Å². The summed E-state index contributed by atoms with van der Waals surface area (Å²) in [6.45, 7) is 4.28. The Balaban J connectivity index is 2.72. The van der Waals surface area contributed by atoms with E-state index in [-0.39, 0.29) is 0 Å². The van der Waals surface area contributed by atoms with Crippen molar-refractivity contribution < 1.29 is 9.90 Å². The van der Waals surface area contributed by atoms with Crippen LogP contribution < -0.4 is 0 Å². The molecule has 0 aliphatic heterocycles. The quantitative estimate of drug-likeness (QED) is 0.820. The Labute approximate surface area is 108 Å². The van der Waals surface area contributed by atoms with Crippen LogP contribution >= 0.6 is 11.6 Å². The highest BCUT2D eigenvalue weighted by Gasteiger charge is 2.20. The predicted molar refractivity (Wildman–Crippen MR) is 70.5 cm³/mol. The zero-order valence-electron chi connectivity index (χ0n) is 10.3. The second-order valence-electron chi connectivity index (χ2n) is 4.53. The van der Waals surface area contributed by atoms with Gasteiger partial charge in [0.1, 0.15) is 0 Å². The molecule has 3 heteroatoms. The van der Waals surface area contributed by atoms with Crippen LogP contribution in [0.25, 0.3) is 0 Å². The van der Waals surface area contributed by atoms with E-state index in [4.69, 9.17) is 11.6 Å². The lowest BCUT2D eigenvalue weighted by molar-refractivity contribution is -0.139. The van der Waals surface area contributed by atoms with Crippen molar-refractivity contribution >= 4 is 17.6 Å². The summed E-state index contributed by atoms with van der Waals surface area (Å²) in [6, 6.07) is 7.10. The van der Waals surface area contributed by atoms with Gasteiger partial charge in [-0.1, -0.05) is 44.0 Å². The molecule has 0 aliphatic rings. The topological polar surface area (TPSA) is 37.3 Å². The number of aliphatic carboxylic acids is 1. The van der Waals surface area contributed by atoms with Crippen molar-refractivity contribution in [2.45, 2.75) is 39.0 Å². The molecule has 1 aromatic carbocycles. The van der Waals surface area contributed by atoms with Crippen LogP contribution in [0.4, 0.5) is 0 Å². The third-order valence-corrected chi connectivity index (χ3v) is 3.47. The molecule has 0 fully saturated rings. The van der Waals surface area contributed by atoms with E-state index in [1.54, 1.807) is 24.3 Å². The Hall–Kier alpha value is -1.02. The number of carbonyl (C=O) groups is 1. The maximum atomic E-state index is 11.3. The van der Waals surface area contributed by atoms with Gasteiger partial charge in [-0.3, -0.25) is 4.79 Å². The van der Waals surface area contributed by atoms with Crippen molar-refractivity contribution in [1.82, 2.24) is 0 Å². The summed E-state index contributed by atoms with van der Waals surface area (Å²) in [5.41, 5.74) is 0.838. The molecule has 0 radical (unpaired) electrons. The molecule has 2 nitrogen and oxygen atoms in total. The van der Waals surface area contributed by atoms with Gasteiger partial charge in [-0.25, -0.2) is 0 Å². The highest BCUT2D eigenvalue weighted by atomic mass is 35.5. The molecular weight excluding hydrogens is 236 g/mol. The summed E-state index contributed by atoms with van der Waals surface area (Å²) in [4.78, 5) is 11.3. The lowest BCUT2D eigenvalue weighted by atomic mass is 9.90. The van der Waals surface area contributed by atoms with E-state index in [1.165, 1.54) is 0 Å². The van der Waals surface area contributed by atoms with Gasteiger partial charge in [-0.15, -0.1) is 0 Å². The Bertz CT molecular complexity index is 359. The molecule has 0 saturated heterocycles. The summed E-state index contributed by atoms with van der Waals surface area (Å²) in [7, 11) is 0. The van der Waals surface area contributed by atoms with Gasteiger partial charge in [0.05, 0.1) is 5.92 Å². The fourth-order valence-electron chi connectivity index (χ4n) is 1.78. The molecule has 94 valence electrons. The second kappa shape index (κ2) is 6.65. The molecule has 2 atom stereocenters. The van der Waals surface area contributed by atoms with Gasteiger partial charge in [0.15, 0.2) is 0 Å². The molecule has 2 unspecified atom stereocenters. The van der Waals surface area contributed by atoms with Crippen molar-refractivity contribution in [2.24, 2.45) is 5.92 Å². The Morgan fingerprint density at radius 3 is 2.35 bits per heavy atom. The second-order valence-corrected chi connectivity index (χ2v) is 4.97. The summed E-state index contributed by atoms with van der Waals surface area (Å²) in [5, 5.41) is 9.89. The molecule has 0 aromatic heterocycles. The van der Waals surface area contributed by atoms with E-state index in [0.717, 1.165) is 18.4 Å². The zero-order chi connectivity index (χ0) is 12.8. The Morgan fingerprint density at radius 1 is 1.29 bits per heavy atom. The molecule has 0 heterocycles. The van der Waals surface area contributed by atoms with Crippen LogP contribution in [0, 0.1) is 5.92 Å². The summed E-state index contributed by atoms with van der Waals surface area (Å²) < 4.78 is 0. The summed E-state index contributed by atoms with van der Waals surface area (Å²) in [6.07, 6.45) is 2.72. The van der Waals surface area contributed by atoms with E-state index in [1.807, 2.05) is 0 Å². The molecule has 0 amide bonds. The van der Waals surface area contributed by atoms with Gasteiger partial charge >= 0.3 is 5.97 Å². The molecule has 1 N–H and O–H groups in total. The minimum Gasteiger partial charge on any atom is -0.481 e. The highest BCUT2D eigenvalue weighted by molar-refractivity contribution is 6.30. The van der Waals surface area contributed by atoms with Crippen LogP contribution in [0.2, 0.25) is 5.02 Å². The molecule has 0 spiro atoms. The van der Waals surface area contributed by atoms with Crippen molar-refractivity contribution in [3.8, 4) is 0 Å². The van der Waals surface area contributed by atoms with Crippen LogP contribution in [0.3, 0.4) is 0 Å². The Kier molecular flexibility index (Phi) is 5.49. The number of hydrogen-bond acceptors (Lipinski definition) is 1. The van der Waals surface area contributed by atoms with E-state index < -0.39 is 11.9 Å². The van der Waals surface area contributed by atoms with Gasteiger partial charge in [0.25, 0.3) is 0 Å². The zero-order valence-corrected chi connectivity index (χ0v) is 11.1. The van der Waals surface area contributed by atoms with Crippen molar-refractivity contribution in [3.05, 3.63) is 34.9 Å². The lowest BCUT2D eigenvalue weighted by Gasteiger charge is -2.15. The van der Waals surface area contributed by atoms with Crippen molar-refractivity contribution in [1.29, 1.82) is 0 Å². The number of carboxylic acid groups (broad SMARTS) is 1. The molecule has 0 bridgehead atoms. The number of carboxylic acids is 1. The molecule has 1 aromatic rings. The first-order chi connectivity index (χ1) is 8.04. The standard InChI is InChI=1S/C14H19ClO2/c1-3-10(2)4-9-13(14(16)17)11-5-7-12(15)8-6-11/h5-8,10,13H,3-4,9H2,1-2H3,(H,16,17). The number of hydrogen-bond donors (Lipinski definition) is 1. The van der Waals surface area contributed by atoms with Crippen LogP contribution in [0.15, 0.2) is 24.3 Å². The first-order valence-electron chi connectivity index (χ1n) is 6.02. The molecule has 1 rings (SSSR count). The highest BCUT2D eigenvalue weighted by Crippen LogP contribution is 2.25. The van der Waals surface area contributed by atoms with Crippen molar-refractivity contribution in [2.75, 3.05) is 0 Å². The van der Waals surface area contributed by atoms with Gasteiger partial charge in [-0.2, -0.15) is 0 Å². The first kappa shape index (κ1) is 14.0. The normalized spacial score (nSPS) is 14.3. The third-order valence-electron chi connectivity index (χ3n) is 3.22. The van der Waals surface area contributed by atoms with Gasteiger partial charge in [-0.05, 0) is 36.5 Å². The maximum absolute atomic E-state index is 11.3. The van der Waals surface area contributed by atoms with Gasteiger partial charge < -0.3 is 5.11 Å².